The summed E-state index contributed by atoms with van der Waals surface area (Å²) < 4.78 is 10.7. The molecule has 0 N–H and O–H groups in total. The molecule has 0 spiro atoms. The number of rotatable bonds is 11. The van der Waals surface area contributed by atoms with E-state index in [9.17, 15) is 0 Å². The van der Waals surface area contributed by atoms with E-state index in [1.165, 1.54) is 44.9 Å². The van der Waals surface area contributed by atoms with Crippen LogP contribution in [-0.2, 0) is 5.41 Å². The second kappa shape index (κ2) is 9.34. The van der Waals surface area contributed by atoms with E-state index in [-0.39, 0.29) is 10.8 Å². The Morgan fingerprint density at radius 1 is 1.05 bits per heavy atom. The molecule has 0 radical (unpaired) electrons. The Kier molecular flexibility index (Phi) is 8.16. The SMILES string of the molecule is CCCCCCCC(C)(CCCC)c1nc(Cl)oc1OC. The van der Waals surface area contributed by atoms with E-state index in [2.05, 4.69) is 25.8 Å². The summed E-state index contributed by atoms with van der Waals surface area (Å²) in [5.41, 5.74) is 0.878. The number of methoxy groups -OCH3 is 1. The first-order chi connectivity index (χ1) is 10.1. The van der Waals surface area contributed by atoms with Crippen LogP contribution in [0.3, 0.4) is 0 Å². The van der Waals surface area contributed by atoms with Gasteiger partial charge < -0.3 is 9.15 Å². The smallest absolute Gasteiger partial charge is 0.309 e. The Morgan fingerprint density at radius 2 is 1.67 bits per heavy atom. The van der Waals surface area contributed by atoms with Gasteiger partial charge in [-0.05, 0) is 24.4 Å². The van der Waals surface area contributed by atoms with Crippen LogP contribution >= 0.6 is 11.6 Å². The largest absolute Gasteiger partial charge is 0.467 e. The van der Waals surface area contributed by atoms with Gasteiger partial charge in [-0.15, -0.1) is 0 Å². The second-order valence-electron chi connectivity index (χ2n) is 6.14. The Bertz CT molecular complexity index is 405. The summed E-state index contributed by atoms with van der Waals surface area (Å²) in [6, 6.07) is 0. The predicted octanol–water partition coefficient (Wildman–Crippen LogP) is 6.15. The standard InChI is InChI=1S/C17H30ClNO2/c1-5-7-9-10-11-13-17(3,12-8-6-2)14-15(20-4)21-16(18)19-14/h5-13H2,1-4H3. The number of unbranched alkanes of at least 4 members (excludes halogenated alkanes) is 5. The van der Waals surface area contributed by atoms with E-state index >= 15 is 0 Å². The molecule has 0 aromatic carbocycles. The average molecular weight is 316 g/mol. The van der Waals surface area contributed by atoms with Gasteiger partial charge in [0, 0.05) is 5.41 Å². The minimum atomic E-state index is -0.00971. The molecule has 1 aromatic rings. The van der Waals surface area contributed by atoms with Crippen molar-refractivity contribution in [2.45, 2.75) is 84.0 Å². The van der Waals surface area contributed by atoms with E-state index in [4.69, 9.17) is 20.8 Å². The van der Waals surface area contributed by atoms with Gasteiger partial charge in [-0.3, -0.25) is 0 Å². The van der Waals surface area contributed by atoms with Gasteiger partial charge in [-0.1, -0.05) is 65.7 Å². The molecule has 1 rings (SSSR count). The highest BCUT2D eigenvalue weighted by atomic mass is 35.5. The van der Waals surface area contributed by atoms with Crippen molar-refractivity contribution in [1.82, 2.24) is 4.98 Å². The zero-order chi connectivity index (χ0) is 15.7. The molecule has 0 amide bonds. The van der Waals surface area contributed by atoms with Crippen molar-refractivity contribution in [3.63, 3.8) is 0 Å². The van der Waals surface area contributed by atoms with Crippen LogP contribution in [0.15, 0.2) is 4.42 Å². The third-order valence-corrected chi connectivity index (χ3v) is 4.40. The zero-order valence-corrected chi connectivity index (χ0v) is 14.8. The first-order valence-corrected chi connectivity index (χ1v) is 8.66. The van der Waals surface area contributed by atoms with Gasteiger partial charge in [0.2, 0.25) is 0 Å². The summed E-state index contributed by atoms with van der Waals surface area (Å²) in [7, 11) is 1.61. The minimum absolute atomic E-state index is 0.00971. The van der Waals surface area contributed by atoms with Gasteiger partial charge in [0.25, 0.3) is 5.35 Å². The molecule has 0 saturated carbocycles. The molecule has 3 nitrogen and oxygen atoms in total. The predicted molar refractivity (Wildman–Crippen MR) is 88.3 cm³/mol. The van der Waals surface area contributed by atoms with Crippen molar-refractivity contribution in [2.75, 3.05) is 7.11 Å². The van der Waals surface area contributed by atoms with Crippen LogP contribution in [0.4, 0.5) is 0 Å². The molecule has 21 heavy (non-hydrogen) atoms. The zero-order valence-electron chi connectivity index (χ0n) is 14.0. The van der Waals surface area contributed by atoms with Crippen molar-refractivity contribution in [3.05, 3.63) is 11.0 Å². The van der Waals surface area contributed by atoms with Crippen LogP contribution in [0.5, 0.6) is 5.95 Å². The quantitative estimate of drug-likeness (QED) is 0.460. The first-order valence-electron chi connectivity index (χ1n) is 8.28. The van der Waals surface area contributed by atoms with Crippen LogP contribution in [0.25, 0.3) is 0 Å². The number of hydrogen-bond acceptors (Lipinski definition) is 3. The van der Waals surface area contributed by atoms with Gasteiger partial charge in [0.1, 0.15) is 5.69 Å². The topological polar surface area (TPSA) is 35.3 Å². The van der Waals surface area contributed by atoms with Gasteiger partial charge in [-0.25, -0.2) is 0 Å². The fourth-order valence-corrected chi connectivity index (χ4v) is 3.00. The summed E-state index contributed by atoms with van der Waals surface area (Å²) in [6.07, 6.45) is 11.0. The summed E-state index contributed by atoms with van der Waals surface area (Å²) in [5.74, 6) is 0.479. The fourth-order valence-electron chi connectivity index (χ4n) is 2.85. The molecular weight excluding hydrogens is 286 g/mol. The number of nitrogens with zero attached hydrogens (tertiary/aromatic N) is 1. The first kappa shape index (κ1) is 18.3. The Morgan fingerprint density at radius 3 is 2.29 bits per heavy atom. The monoisotopic (exact) mass is 315 g/mol. The van der Waals surface area contributed by atoms with E-state index < -0.39 is 0 Å². The van der Waals surface area contributed by atoms with E-state index in [1.54, 1.807) is 7.11 Å². The van der Waals surface area contributed by atoms with Crippen LogP contribution in [-0.4, -0.2) is 12.1 Å². The molecule has 0 bridgehead atoms. The van der Waals surface area contributed by atoms with Crippen molar-refractivity contribution in [2.24, 2.45) is 0 Å². The van der Waals surface area contributed by atoms with E-state index in [0.717, 1.165) is 18.5 Å². The molecule has 4 heteroatoms. The van der Waals surface area contributed by atoms with Crippen molar-refractivity contribution >= 4 is 11.6 Å². The lowest BCUT2D eigenvalue weighted by Crippen LogP contribution is -2.23. The van der Waals surface area contributed by atoms with Gasteiger partial charge in [0.15, 0.2) is 0 Å². The maximum absolute atomic E-state index is 5.93. The van der Waals surface area contributed by atoms with Gasteiger partial charge >= 0.3 is 5.95 Å². The number of halogens is 1. The van der Waals surface area contributed by atoms with Crippen LogP contribution in [0.1, 0.15) is 84.3 Å². The van der Waals surface area contributed by atoms with Crippen LogP contribution < -0.4 is 4.74 Å². The number of hydrogen-bond donors (Lipinski definition) is 0. The lowest BCUT2D eigenvalue weighted by molar-refractivity contribution is 0.280. The molecule has 0 saturated heterocycles. The number of oxazole rings is 1. The molecule has 122 valence electrons. The van der Waals surface area contributed by atoms with Crippen LogP contribution in [0.2, 0.25) is 5.35 Å². The summed E-state index contributed by atoms with van der Waals surface area (Å²) in [6.45, 7) is 6.72. The fraction of sp³-hybridized carbons (Fsp3) is 0.824. The van der Waals surface area contributed by atoms with Gasteiger partial charge in [0.05, 0.1) is 7.11 Å². The summed E-state index contributed by atoms with van der Waals surface area (Å²) in [4.78, 5) is 4.40. The summed E-state index contributed by atoms with van der Waals surface area (Å²) >= 11 is 5.93. The van der Waals surface area contributed by atoms with E-state index in [0.29, 0.717) is 5.95 Å². The third kappa shape index (κ3) is 5.54. The van der Waals surface area contributed by atoms with Crippen molar-refractivity contribution in [3.8, 4) is 5.95 Å². The summed E-state index contributed by atoms with van der Waals surface area (Å²) in [5, 5.41) is 0.176. The highest BCUT2D eigenvalue weighted by Crippen LogP contribution is 2.40. The Balaban J connectivity index is 2.76. The van der Waals surface area contributed by atoms with Crippen LogP contribution in [0, 0.1) is 0 Å². The minimum Gasteiger partial charge on any atom is -0.467 e. The maximum Gasteiger partial charge on any atom is 0.309 e. The normalized spacial score (nSPS) is 14.1. The molecule has 1 heterocycles. The molecular formula is C17H30ClNO2. The molecule has 1 atom stereocenters. The molecule has 1 aromatic heterocycles. The number of aromatic nitrogens is 1. The molecule has 0 fully saturated rings. The third-order valence-electron chi connectivity index (χ3n) is 4.24. The molecule has 0 aliphatic heterocycles. The number of ether oxygens (including phenoxy) is 1. The second-order valence-corrected chi connectivity index (χ2v) is 6.46. The van der Waals surface area contributed by atoms with Crippen molar-refractivity contribution < 1.29 is 9.15 Å². The average Bonchev–Trinajstić information content (AvgIpc) is 2.87. The molecule has 1 unspecified atom stereocenters. The lowest BCUT2D eigenvalue weighted by Gasteiger charge is -2.28. The molecule has 0 aliphatic rings. The van der Waals surface area contributed by atoms with Gasteiger partial charge in [-0.2, -0.15) is 4.98 Å². The maximum atomic E-state index is 5.93. The van der Waals surface area contributed by atoms with Crippen molar-refractivity contribution in [1.29, 1.82) is 0 Å². The Labute approximate surface area is 134 Å². The molecule has 0 aliphatic carbocycles. The highest BCUT2D eigenvalue weighted by molar-refractivity contribution is 6.27. The lowest BCUT2D eigenvalue weighted by atomic mass is 9.77. The Hall–Kier alpha value is -0.700. The highest BCUT2D eigenvalue weighted by Gasteiger charge is 2.33. The van der Waals surface area contributed by atoms with E-state index in [1.807, 2.05) is 0 Å².